The van der Waals surface area contributed by atoms with Gasteiger partial charge in [-0.1, -0.05) is 26.0 Å². The van der Waals surface area contributed by atoms with E-state index in [0.717, 1.165) is 30.2 Å². The first-order chi connectivity index (χ1) is 13.3. The molecule has 4 rings (SSSR count). The lowest BCUT2D eigenvalue weighted by atomic mass is 10.1. The van der Waals surface area contributed by atoms with Gasteiger partial charge in [-0.2, -0.15) is 4.98 Å². The lowest BCUT2D eigenvalue weighted by Gasteiger charge is -2.19. The minimum atomic E-state index is -0.298. The number of hydrogen-bond donors (Lipinski definition) is 0. The number of nitrogens with zero attached hydrogens (tertiary/aromatic N) is 5. The standard InChI is InChI=1S/C21H27N5O2/c1-13(2)8-9-26-19(27)17-18(23(5)21(26)28)22-20-24(10-11-25(17)20)16-12-14(3)6-7-15(16)4/h6-7,12-13H,8-11H2,1-5H3. The van der Waals surface area contributed by atoms with Crippen molar-refractivity contribution >= 4 is 22.8 Å². The predicted molar refractivity (Wildman–Crippen MR) is 112 cm³/mol. The summed E-state index contributed by atoms with van der Waals surface area (Å²) in [5.41, 5.74) is 3.88. The molecule has 1 aliphatic rings. The van der Waals surface area contributed by atoms with Gasteiger partial charge in [0.15, 0.2) is 11.2 Å². The average Bonchev–Trinajstić information content (AvgIpc) is 3.21. The van der Waals surface area contributed by atoms with E-state index in [2.05, 4.69) is 50.8 Å². The summed E-state index contributed by atoms with van der Waals surface area (Å²) >= 11 is 0. The second-order valence-corrected chi connectivity index (χ2v) is 8.16. The summed E-state index contributed by atoms with van der Waals surface area (Å²) in [7, 11) is 1.70. The van der Waals surface area contributed by atoms with Gasteiger partial charge >= 0.3 is 5.69 Å². The Morgan fingerprint density at radius 2 is 1.89 bits per heavy atom. The number of aromatic nitrogens is 4. The molecule has 0 saturated carbocycles. The maximum atomic E-state index is 13.2. The third kappa shape index (κ3) is 2.77. The van der Waals surface area contributed by atoms with Crippen LogP contribution in [0, 0.1) is 19.8 Å². The fourth-order valence-electron chi connectivity index (χ4n) is 3.90. The highest BCUT2D eigenvalue weighted by atomic mass is 16.2. The van der Waals surface area contributed by atoms with Gasteiger partial charge in [-0.05, 0) is 43.4 Å². The second-order valence-electron chi connectivity index (χ2n) is 8.16. The molecule has 0 radical (unpaired) electrons. The fraction of sp³-hybridized carbons (Fsp3) is 0.476. The Morgan fingerprint density at radius 3 is 2.61 bits per heavy atom. The summed E-state index contributed by atoms with van der Waals surface area (Å²) in [4.78, 5) is 32.8. The zero-order valence-corrected chi connectivity index (χ0v) is 17.2. The molecule has 0 spiro atoms. The van der Waals surface area contributed by atoms with Crippen molar-refractivity contribution in [2.45, 2.75) is 47.2 Å². The van der Waals surface area contributed by atoms with Crippen LogP contribution in [0.25, 0.3) is 11.2 Å². The fourth-order valence-corrected chi connectivity index (χ4v) is 3.90. The SMILES string of the molecule is Cc1ccc(C)c(N2CCn3c2nc2c3c(=O)n(CCC(C)C)c(=O)n2C)c1. The highest BCUT2D eigenvalue weighted by Gasteiger charge is 2.29. The Labute approximate surface area is 163 Å². The van der Waals surface area contributed by atoms with Gasteiger partial charge in [0, 0.05) is 32.4 Å². The van der Waals surface area contributed by atoms with Gasteiger partial charge in [0.2, 0.25) is 5.95 Å². The second kappa shape index (κ2) is 6.65. The first-order valence-electron chi connectivity index (χ1n) is 9.84. The number of benzene rings is 1. The van der Waals surface area contributed by atoms with Gasteiger partial charge in [0.05, 0.1) is 0 Å². The van der Waals surface area contributed by atoms with Crippen LogP contribution in [0.3, 0.4) is 0 Å². The monoisotopic (exact) mass is 381 g/mol. The highest BCUT2D eigenvalue weighted by Crippen LogP contribution is 2.34. The third-order valence-corrected chi connectivity index (χ3v) is 5.59. The van der Waals surface area contributed by atoms with Crippen LogP contribution >= 0.6 is 0 Å². The van der Waals surface area contributed by atoms with Crippen LogP contribution in [0.4, 0.5) is 11.6 Å². The van der Waals surface area contributed by atoms with Crippen LogP contribution in [0.5, 0.6) is 0 Å². The molecule has 0 amide bonds. The number of anilines is 2. The molecule has 0 fully saturated rings. The van der Waals surface area contributed by atoms with Crippen LogP contribution in [-0.4, -0.2) is 25.2 Å². The predicted octanol–water partition coefficient (Wildman–Crippen LogP) is 2.71. The molecule has 0 N–H and O–H groups in total. The molecule has 3 heterocycles. The van der Waals surface area contributed by atoms with Crippen LogP contribution in [0.2, 0.25) is 0 Å². The van der Waals surface area contributed by atoms with Gasteiger partial charge in [-0.3, -0.25) is 13.9 Å². The summed E-state index contributed by atoms with van der Waals surface area (Å²) in [6.45, 7) is 10.2. The van der Waals surface area contributed by atoms with Crippen LogP contribution < -0.4 is 16.1 Å². The van der Waals surface area contributed by atoms with Crippen molar-refractivity contribution in [1.29, 1.82) is 0 Å². The maximum absolute atomic E-state index is 13.2. The maximum Gasteiger partial charge on any atom is 0.332 e. The third-order valence-electron chi connectivity index (χ3n) is 5.59. The van der Waals surface area contributed by atoms with Crippen molar-refractivity contribution < 1.29 is 0 Å². The molecule has 0 aliphatic carbocycles. The summed E-state index contributed by atoms with van der Waals surface area (Å²) < 4.78 is 4.83. The molecule has 0 atom stereocenters. The number of rotatable bonds is 4. The number of fused-ring (bicyclic) bond motifs is 3. The molecule has 0 saturated heterocycles. The Bertz CT molecular complexity index is 1180. The molecular formula is C21H27N5O2. The Balaban J connectivity index is 1.91. The van der Waals surface area contributed by atoms with Crippen molar-refractivity contribution in [3.63, 3.8) is 0 Å². The van der Waals surface area contributed by atoms with E-state index in [-0.39, 0.29) is 11.2 Å². The lowest BCUT2D eigenvalue weighted by Crippen LogP contribution is -2.40. The minimum Gasteiger partial charge on any atom is -0.310 e. The van der Waals surface area contributed by atoms with Crippen molar-refractivity contribution in [2.24, 2.45) is 13.0 Å². The van der Waals surface area contributed by atoms with E-state index in [0.29, 0.717) is 30.2 Å². The molecule has 0 unspecified atom stereocenters. The molecule has 28 heavy (non-hydrogen) atoms. The minimum absolute atomic E-state index is 0.236. The molecule has 3 aromatic rings. The van der Waals surface area contributed by atoms with E-state index in [1.165, 1.54) is 14.7 Å². The van der Waals surface area contributed by atoms with E-state index in [1.54, 1.807) is 7.05 Å². The van der Waals surface area contributed by atoms with Gasteiger partial charge in [0.1, 0.15) is 0 Å². The zero-order valence-electron chi connectivity index (χ0n) is 17.2. The van der Waals surface area contributed by atoms with Gasteiger partial charge in [-0.25, -0.2) is 4.79 Å². The first-order valence-corrected chi connectivity index (χ1v) is 9.84. The van der Waals surface area contributed by atoms with E-state index in [9.17, 15) is 9.59 Å². The summed E-state index contributed by atoms with van der Waals surface area (Å²) in [5.74, 6) is 1.15. The van der Waals surface area contributed by atoms with E-state index in [1.807, 2.05) is 4.57 Å². The number of imidazole rings is 1. The average molecular weight is 381 g/mol. The van der Waals surface area contributed by atoms with Crippen LogP contribution in [-0.2, 0) is 20.1 Å². The Morgan fingerprint density at radius 1 is 1.14 bits per heavy atom. The summed E-state index contributed by atoms with van der Waals surface area (Å²) in [6, 6.07) is 6.34. The van der Waals surface area contributed by atoms with Crippen molar-refractivity contribution in [3.05, 3.63) is 50.2 Å². The largest absolute Gasteiger partial charge is 0.332 e. The Kier molecular flexibility index (Phi) is 4.40. The normalized spacial score (nSPS) is 13.7. The summed E-state index contributed by atoms with van der Waals surface area (Å²) in [6.07, 6.45) is 0.788. The van der Waals surface area contributed by atoms with E-state index < -0.39 is 0 Å². The van der Waals surface area contributed by atoms with E-state index >= 15 is 0 Å². The lowest BCUT2D eigenvalue weighted by molar-refractivity contribution is 0.487. The molecule has 1 aromatic carbocycles. The van der Waals surface area contributed by atoms with E-state index in [4.69, 9.17) is 4.98 Å². The first kappa shape index (κ1) is 18.5. The van der Waals surface area contributed by atoms with Gasteiger partial charge < -0.3 is 9.47 Å². The Hall–Kier alpha value is -2.83. The zero-order chi connectivity index (χ0) is 20.2. The molecule has 7 nitrogen and oxygen atoms in total. The molecule has 1 aliphatic heterocycles. The molecule has 148 valence electrons. The summed E-state index contributed by atoms with van der Waals surface area (Å²) in [5, 5.41) is 0. The number of aryl methyl sites for hydroxylation is 3. The highest BCUT2D eigenvalue weighted by molar-refractivity contribution is 5.78. The molecule has 2 aromatic heterocycles. The molecular weight excluding hydrogens is 354 g/mol. The van der Waals surface area contributed by atoms with Crippen LogP contribution in [0.15, 0.2) is 27.8 Å². The van der Waals surface area contributed by atoms with Crippen molar-refractivity contribution in [3.8, 4) is 0 Å². The van der Waals surface area contributed by atoms with Gasteiger partial charge in [-0.15, -0.1) is 0 Å². The molecule has 7 heteroatoms. The quantitative estimate of drug-likeness (QED) is 0.697. The number of hydrogen-bond acceptors (Lipinski definition) is 4. The smallest absolute Gasteiger partial charge is 0.310 e. The van der Waals surface area contributed by atoms with Crippen molar-refractivity contribution in [2.75, 3.05) is 11.4 Å². The van der Waals surface area contributed by atoms with Crippen LogP contribution in [0.1, 0.15) is 31.4 Å². The van der Waals surface area contributed by atoms with Crippen molar-refractivity contribution in [1.82, 2.24) is 18.7 Å². The topological polar surface area (TPSA) is 65.1 Å². The van der Waals surface area contributed by atoms with Gasteiger partial charge in [0.25, 0.3) is 5.56 Å². The molecule has 0 bridgehead atoms.